The molecule has 1 aromatic carbocycles. The first-order valence-electron chi connectivity index (χ1n) is 11.0. The SMILES string of the molecule is CCCCCCOC(=O)CCc1cc(C(C)(C)C)c(O)c(C(C)(C)C)c1CC. The first kappa shape index (κ1) is 24.5. The van der Waals surface area contributed by atoms with E-state index in [1.807, 2.05) is 0 Å². The summed E-state index contributed by atoms with van der Waals surface area (Å²) in [5.74, 6) is 0.292. The van der Waals surface area contributed by atoms with Gasteiger partial charge in [-0.15, -0.1) is 0 Å². The first-order valence-corrected chi connectivity index (χ1v) is 11.0. The molecule has 1 aromatic rings. The molecule has 1 rings (SSSR count). The summed E-state index contributed by atoms with van der Waals surface area (Å²) < 4.78 is 5.41. The number of hydrogen-bond donors (Lipinski definition) is 1. The van der Waals surface area contributed by atoms with Crippen LogP contribution in [0.25, 0.3) is 0 Å². The summed E-state index contributed by atoms with van der Waals surface area (Å²) >= 11 is 0. The van der Waals surface area contributed by atoms with E-state index in [-0.39, 0.29) is 16.8 Å². The molecule has 0 radical (unpaired) electrons. The predicted molar refractivity (Wildman–Crippen MR) is 118 cm³/mol. The maximum atomic E-state index is 12.2. The minimum atomic E-state index is -0.162. The zero-order chi connectivity index (χ0) is 21.5. The Morgan fingerprint density at radius 3 is 2.14 bits per heavy atom. The highest BCUT2D eigenvalue weighted by Gasteiger charge is 2.29. The third kappa shape index (κ3) is 6.83. The third-order valence-electron chi connectivity index (χ3n) is 5.27. The molecule has 0 atom stereocenters. The van der Waals surface area contributed by atoms with Gasteiger partial charge >= 0.3 is 5.97 Å². The second kappa shape index (κ2) is 10.3. The second-order valence-corrected chi connectivity index (χ2v) is 9.92. The Labute approximate surface area is 172 Å². The van der Waals surface area contributed by atoms with Gasteiger partial charge in [-0.2, -0.15) is 0 Å². The summed E-state index contributed by atoms with van der Waals surface area (Å²) in [4.78, 5) is 12.2. The maximum Gasteiger partial charge on any atom is 0.306 e. The standard InChI is InChI=1S/C25H42O3/c1-9-11-12-13-16-28-21(26)15-14-18-17-20(24(3,4)5)23(27)22(19(18)10-2)25(6,7)8/h17,27H,9-16H2,1-8H3. The fourth-order valence-electron chi connectivity index (χ4n) is 3.80. The van der Waals surface area contributed by atoms with Crippen molar-refractivity contribution in [3.8, 4) is 5.75 Å². The molecule has 160 valence electrons. The molecule has 28 heavy (non-hydrogen) atoms. The topological polar surface area (TPSA) is 46.5 Å². The Bertz CT molecular complexity index is 645. The largest absolute Gasteiger partial charge is 0.507 e. The molecule has 0 unspecified atom stereocenters. The van der Waals surface area contributed by atoms with Gasteiger partial charge in [0.25, 0.3) is 0 Å². The average molecular weight is 391 g/mol. The van der Waals surface area contributed by atoms with Crippen molar-refractivity contribution in [1.82, 2.24) is 0 Å². The van der Waals surface area contributed by atoms with E-state index in [1.165, 1.54) is 18.4 Å². The lowest BCUT2D eigenvalue weighted by atomic mass is 9.74. The van der Waals surface area contributed by atoms with Crippen molar-refractivity contribution in [2.24, 2.45) is 0 Å². The van der Waals surface area contributed by atoms with E-state index in [4.69, 9.17) is 4.74 Å². The number of hydrogen-bond acceptors (Lipinski definition) is 3. The molecule has 0 saturated carbocycles. The number of phenols is 1. The van der Waals surface area contributed by atoms with Gasteiger partial charge in [0, 0.05) is 12.0 Å². The lowest BCUT2D eigenvalue weighted by molar-refractivity contribution is -0.143. The van der Waals surface area contributed by atoms with Crippen LogP contribution in [0, 0.1) is 0 Å². The molecule has 0 bridgehead atoms. The van der Waals surface area contributed by atoms with Crippen LogP contribution in [0.1, 0.15) is 110 Å². The number of benzene rings is 1. The smallest absolute Gasteiger partial charge is 0.306 e. The summed E-state index contributed by atoms with van der Waals surface area (Å²) in [5.41, 5.74) is 3.99. The average Bonchev–Trinajstić information content (AvgIpc) is 2.57. The van der Waals surface area contributed by atoms with Crippen LogP contribution in [-0.4, -0.2) is 17.7 Å². The quantitative estimate of drug-likeness (QED) is 0.381. The first-order chi connectivity index (χ1) is 12.9. The predicted octanol–water partition coefficient (Wildman–Crippen LogP) is 6.61. The van der Waals surface area contributed by atoms with Gasteiger partial charge in [0.05, 0.1) is 6.61 Å². The number of esters is 1. The van der Waals surface area contributed by atoms with Gasteiger partial charge in [0.1, 0.15) is 5.75 Å². The van der Waals surface area contributed by atoms with Gasteiger partial charge in [0.2, 0.25) is 0 Å². The summed E-state index contributed by atoms with van der Waals surface area (Å²) in [5, 5.41) is 11.1. The summed E-state index contributed by atoms with van der Waals surface area (Å²) in [6.07, 6.45) is 6.32. The minimum absolute atomic E-state index is 0.124. The van der Waals surface area contributed by atoms with E-state index in [0.29, 0.717) is 25.2 Å². The number of rotatable bonds is 9. The lowest BCUT2D eigenvalue weighted by Crippen LogP contribution is -2.21. The highest BCUT2D eigenvalue weighted by atomic mass is 16.5. The Hall–Kier alpha value is -1.51. The summed E-state index contributed by atoms with van der Waals surface area (Å²) in [6.45, 7) is 17.6. The zero-order valence-corrected chi connectivity index (χ0v) is 19.5. The number of unbranched alkanes of at least 4 members (excludes halogenated alkanes) is 3. The number of aromatic hydroxyl groups is 1. The van der Waals surface area contributed by atoms with E-state index in [1.54, 1.807) is 0 Å². The molecule has 0 fully saturated rings. The highest BCUT2D eigenvalue weighted by Crippen LogP contribution is 2.43. The fourth-order valence-corrected chi connectivity index (χ4v) is 3.80. The third-order valence-corrected chi connectivity index (χ3v) is 5.27. The Morgan fingerprint density at radius 1 is 1.00 bits per heavy atom. The summed E-state index contributed by atoms with van der Waals surface area (Å²) in [7, 11) is 0. The van der Waals surface area contributed by atoms with Crippen LogP contribution < -0.4 is 0 Å². The molecule has 0 aliphatic carbocycles. The van der Waals surface area contributed by atoms with E-state index in [2.05, 4.69) is 61.5 Å². The van der Waals surface area contributed by atoms with Gasteiger partial charge < -0.3 is 9.84 Å². The molecule has 0 aliphatic rings. The molecule has 0 saturated heterocycles. The van der Waals surface area contributed by atoms with Crippen LogP contribution in [0.15, 0.2) is 6.07 Å². The second-order valence-electron chi connectivity index (χ2n) is 9.92. The van der Waals surface area contributed by atoms with Crippen LogP contribution in [0.3, 0.4) is 0 Å². The molecule has 0 spiro atoms. The number of aryl methyl sites for hydroxylation is 1. The van der Waals surface area contributed by atoms with Crippen molar-refractivity contribution in [3.05, 3.63) is 28.3 Å². The molecular weight excluding hydrogens is 348 g/mol. The maximum absolute atomic E-state index is 12.2. The minimum Gasteiger partial charge on any atom is -0.507 e. The summed E-state index contributed by atoms with van der Waals surface area (Å²) in [6, 6.07) is 2.11. The molecule has 1 N–H and O–H groups in total. The number of carbonyl (C=O) groups excluding carboxylic acids is 1. The van der Waals surface area contributed by atoms with Crippen molar-refractivity contribution in [2.75, 3.05) is 6.61 Å². The molecule has 0 aromatic heterocycles. The Morgan fingerprint density at radius 2 is 1.64 bits per heavy atom. The van der Waals surface area contributed by atoms with Crippen LogP contribution in [0.5, 0.6) is 5.75 Å². The molecular formula is C25H42O3. The van der Waals surface area contributed by atoms with Gasteiger partial charge in [-0.1, -0.05) is 80.7 Å². The monoisotopic (exact) mass is 390 g/mol. The number of carbonyl (C=O) groups is 1. The van der Waals surface area contributed by atoms with Crippen molar-refractivity contribution in [2.45, 2.75) is 111 Å². The molecule has 0 amide bonds. The van der Waals surface area contributed by atoms with Crippen molar-refractivity contribution < 1.29 is 14.6 Å². The number of ether oxygens (including phenoxy) is 1. The van der Waals surface area contributed by atoms with E-state index in [0.717, 1.165) is 36.0 Å². The fraction of sp³-hybridized carbons (Fsp3) is 0.720. The van der Waals surface area contributed by atoms with Gasteiger partial charge in [0.15, 0.2) is 0 Å². The van der Waals surface area contributed by atoms with E-state index in [9.17, 15) is 9.90 Å². The van der Waals surface area contributed by atoms with Gasteiger partial charge in [-0.25, -0.2) is 0 Å². The molecule has 0 heterocycles. The van der Waals surface area contributed by atoms with Gasteiger partial charge in [-0.05, 0) is 46.8 Å². The lowest BCUT2D eigenvalue weighted by Gasteiger charge is -2.31. The highest BCUT2D eigenvalue weighted by molar-refractivity contribution is 5.70. The molecule has 3 nitrogen and oxygen atoms in total. The molecule has 0 aliphatic heterocycles. The molecule has 3 heteroatoms. The zero-order valence-electron chi connectivity index (χ0n) is 19.5. The van der Waals surface area contributed by atoms with Crippen molar-refractivity contribution in [3.63, 3.8) is 0 Å². The van der Waals surface area contributed by atoms with Crippen LogP contribution in [0.2, 0.25) is 0 Å². The van der Waals surface area contributed by atoms with E-state index >= 15 is 0 Å². The van der Waals surface area contributed by atoms with Crippen LogP contribution >= 0.6 is 0 Å². The normalized spacial score (nSPS) is 12.3. The van der Waals surface area contributed by atoms with Crippen LogP contribution in [-0.2, 0) is 33.2 Å². The Balaban J connectivity index is 3.06. The van der Waals surface area contributed by atoms with Crippen molar-refractivity contribution in [1.29, 1.82) is 0 Å². The Kier molecular flexibility index (Phi) is 9.04. The number of phenolic OH excluding ortho intramolecular Hbond substituents is 1. The van der Waals surface area contributed by atoms with Gasteiger partial charge in [-0.3, -0.25) is 4.79 Å². The van der Waals surface area contributed by atoms with Crippen molar-refractivity contribution >= 4 is 5.97 Å². The van der Waals surface area contributed by atoms with E-state index < -0.39 is 0 Å². The van der Waals surface area contributed by atoms with Crippen LogP contribution in [0.4, 0.5) is 0 Å².